The summed E-state index contributed by atoms with van der Waals surface area (Å²) >= 11 is 0.805. The van der Waals surface area contributed by atoms with Crippen LogP contribution in [0.4, 0.5) is 10.5 Å². The van der Waals surface area contributed by atoms with Crippen molar-refractivity contribution in [3.05, 3.63) is 58.0 Å². The lowest BCUT2D eigenvalue weighted by Crippen LogP contribution is -2.36. The zero-order chi connectivity index (χ0) is 22.5. The predicted octanol–water partition coefficient (Wildman–Crippen LogP) is 4.39. The Bertz CT molecular complexity index is 1060. The van der Waals surface area contributed by atoms with Crippen LogP contribution in [0.3, 0.4) is 0 Å². The minimum absolute atomic E-state index is 0.247. The molecule has 0 bridgehead atoms. The van der Waals surface area contributed by atoms with Crippen molar-refractivity contribution in [3.8, 4) is 11.5 Å². The maximum absolute atomic E-state index is 12.7. The molecule has 8 heteroatoms. The van der Waals surface area contributed by atoms with Crippen molar-refractivity contribution < 1.29 is 23.9 Å². The largest absolute Gasteiger partial charge is 0.493 e. The maximum atomic E-state index is 12.7. The number of amides is 3. The van der Waals surface area contributed by atoms with Gasteiger partial charge in [0.15, 0.2) is 11.5 Å². The zero-order valence-corrected chi connectivity index (χ0v) is 18.7. The van der Waals surface area contributed by atoms with Gasteiger partial charge in [-0.3, -0.25) is 19.3 Å². The molecule has 1 saturated heterocycles. The summed E-state index contributed by atoms with van der Waals surface area (Å²) in [6, 6.07) is 10.8. The van der Waals surface area contributed by atoms with Crippen LogP contribution < -0.4 is 14.8 Å². The Morgan fingerprint density at radius 2 is 1.87 bits per heavy atom. The summed E-state index contributed by atoms with van der Waals surface area (Å²) in [5.41, 5.74) is 3.46. The third-order valence-corrected chi connectivity index (χ3v) is 5.66. The van der Waals surface area contributed by atoms with Gasteiger partial charge in [0, 0.05) is 5.69 Å². The summed E-state index contributed by atoms with van der Waals surface area (Å²) in [5.74, 6) is 0.190. The number of hydrogen-bond acceptors (Lipinski definition) is 6. The van der Waals surface area contributed by atoms with Gasteiger partial charge in [0.05, 0.1) is 18.6 Å². The molecule has 1 aliphatic rings. The Balaban J connectivity index is 1.72. The lowest BCUT2D eigenvalue weighted by molar-refractivity contribution is -0.127. The Morgan fingerprint density at radius 1 is 1.10 bits per heavy atom. The summed E-state index contributed by atoms with van der Waals surface area (Å²) in [7, 11) is 1.55. The van der Waals surface area contributed by atoms with Crippen LogP contribution in [0.15, 0.2) is 41.3 Å². The van der Waals surface area contributed by atoms with Gasteiger partial charge in [-0.05, 0) is 79.6 Å². The van der Waals surface area contributed by atoms with E-state index in [2.05, 4.69) is 5.32 Å². The number of nitrogens with zero attached hydrogens (tertiary/aromatic N) is 1. The van der Waals surface area contributed by atoms with Crippen molar-refractivity contribution in [2.24, 2.45) is 0 Å². The third kappa shape index (κ3) is 5.27. The summed E-state index contributed by atoms with van der Waals surface area (Å²) < 4.78 is 10.8. The number of carbonyl (C=O) groups is 3. The van der Waals surface area contributed by atoms with E-state index in [1.54, 1.807) is 37.5 Å². The van der Waals surface area contributed by atoms with E-state index in [1.165, 1.54) is 0 Å². The highest BCUT2D eigenvalue weighted by atomic mass is 32.2. The summed E-state index contributed by atoms with van der Waals surface area (Å²) in [6.07, 6.45) is 1.61. The molecule has 0 unspecified atom stereocenters. The predicted molar refractivity (Wildman–Crippen MR) is 121 cm³/mol. The molecule has 2 aromatic carbocycles. The van der Waals surface area contributed by atoms with Crippen LogP contribution in [-0.4, -0.2) is 42.2 Å². The van der Waals surface area contributed by atoms with E-state index in [9.17, 15) is 14.4 Å². The highest BCUT2D eigenvalue weighted by Crippen LogP contribution is 2.34. The van der Waals surface area contributed by atoms with E-state index in [-0.39, 0.29) is 11.4 Å². The molecule has 1 heterocycles. The number of nitrogens with one attached hydrogen (secondary N) is 1. The van der Waals surface area contributed by atoms with Crippen molar-refractivity contribution in [1.82, 2.24) is 4.90 Å². The number of thioether (sulfide) groups is 1. The highest BCUT2D eigenvalue weighted by Gasteiger charge is 2.36. The molecule has 1 fully saturated rings. The Kier molecular flexibility index (Phi) is 7.02. The first-order valence-electron chi connectivity index (χ1n) is 9.75. The van der Waals surface area contributed by atoms with Gasteiger partial charge in [0.2, 0.25) is 5.91 Å². The quantitative estimate of drug-likeness (QED) is 0.643. The standard InChI is InChI=1S/C23H24N2O5S/c1-5-30-19-11-16(7-9-18(19)29-4)12-20-22(27)25(23(28)31-20)13-21(26)24-17-8-6-14(2)15(3)10-17/h6-12H,5,13H2,1-4H3,(H,24,26)/b20-12+. The van der Waals surface area contributed by atoms with E-state index < -0.39 is 17.1 Å². The summed E-state index contributed by atoms with van der Waals surface area (Å²) in [6.45, 7) is 5.91. The van der Waals surface area contributed by atoms with Crippen LogP contribution in [0.5, 0.6) is 11.5 Å². The van der Waals surface area contributed by atoms with Gasteiger partial charge in [-0.2, -0.15) is 0 Å². The van der Waals surface area contributed by atoms with E-state index in [0.717, 1.165) is 27.8 Å². The number of rotatable bonds is 7. The Hall–Kier alpha value is -3.26. The summed E-state index contributed by atoms with van der Waals surface area (Å²) in [4.78, 5) is 38.6. The van der Waals surface area contributed by atoms with Gasteiger partial charge < -0.3 is 14.8 Å². The topological polar surface area (TPSA) is 84.9 Å². The second-order valence-electron chi connectivity index (χ2n) is 6.96. The molecule has 0 saturated carbocycles. The van der Waals surface area contributed by atoms with Crippen LogP contribution in [0.2, 0.25) is 0 Å². The molecule has 1 aliphatic heterocycles. The van der Waals surface area contributed by atoms with E-state index in [1.807, 2.05) is 32.9 Å². The SMILES string of the molecule is CCOc1cc(/C=C2/SC(=O)N(CC(=O)Nc3ccc(C)c(C)c3)C2=O)ccc1OC. The molecular formula is C23H24N2O5S. The molecule has 0 aromatic heterocycles. The molecule has 3 amide bonds. The number of imide groups is 1. The number of ether oxygens (including phenoxy) is 2. The minimum atomic E-state index is -0.501. The van der Waals surface area contributed by atoms with E-state index >= 15 is 0 Å². The van der Waals surface area contributed by atoms with Crippen molar-refractivity contribution >= 4 is 40.6 Å². The number of aryl methyl sites for hydroxylation is 2. The third-order valence-electron chi connectivity index (χ3n) is 4.75. The molecule has 3 rings (SSSR count). The van der Waals surface area contributed by atoms with Crippen LogP contribution in [0.1, 0.15) is 23.6 Å². The van der Waals surface area contributed by atoms with Gasteiger partial charge in [-0.1, -0.05) is 12.1 Å². The fourth-order valence-corrected chi connectivity index (χ4v) is 3.84. The number of anilines is 1. The van der Waals surface area contributed by atoms with Crippen molar-refractivity contribution in [2.75, 3.05) is 25.6 Å². The van der Waals surface area contributed by atoms with Crippen LogP contribution in [-0.2, 0) is 9.59 Å². The molecular weight excluding hydrogens is 416 g/mol. The summed E-state index contributed by atoms with van der Waals surface area (Å²) in [5, 5.41) is 2.25. The first kappa shape index (κ1) is 22.4. The molecule has 0 radical (unpaired) electrons. The number of methoxy groups -OCH3 is 1. The minimum Gasteiger partial charge on any atom is -0.493 e. The average molecular weight is 441 g/mol. The molecule has 0 atom stereocenters. The van der Waals surface area contributed by atoms with E-state index in [4.69, 9.17) is 9.47 Å². The normalized spacial score (nSPS) is 14.8. The van der Waals surface area contributed by atoms with Gasteiger partial charge >= 0.3 is 0 Å². The molecule has 7 nitrogen and oxygen atoms in total. The fraction of sp³-hybridized carbons (Fsp3) is 0.261. The number of carbonyl (C=O) groups excluding carboxylic acids is 3. The van der Waals surface area contributed by atoms with Gasteiger partial charge in [0.1, 0.15) is 6.54 Å². The van der Waals surface area contributed by atoms with Crippen LogP contribution in [0.25, 0.3) is 6.08 Å². The van der Waals surface area contributed by atoms with Crippen molar-refractivity contribution in [2.45, 2.75) is 20.8 Å². The van der Waals surface area contributed by atoms with Gasteiger partial charge in [-0.15, -0.1) is 0 Å². The smallest absolute Gasteiger partial charge is 0.294 e. The zero-order valence-electron chi connectivity index (χ0n) is 17.9. The number of hydrogen-bond donors (Lipinski definition) is 1. The molecule has 31 heavy (non-hydrogen) atoms. The van der Waals surface area contributed by atoms with Gasteiger partial charge in [0.25, 0.3) is 11.1 Å². The number of benzene rings is 2. The Morgan fingerprint density at radius 3 is 2.55 bits per heavy atom. The first-order valence-corrected chi connectivity index (χ1v) is 10.6. The first-order chi connectivity index (χ1) is 14.8. The molecule has 0 aliphatic carbocycles. The molecule has 162 valence electrons. The van der Waals surface area contributed by atoms with Crippen LogP contribution in [0, 0.1) is 13.8 Å². The van der Waals surface area contributed by atoms with Crippen molar-refractivity contribution in [1.29, 1.82) is 0 Å². The van der Waals surface area contributed by atoms with Crippen molar-refractivity contribution in [3.63, 3.8) is 0 Å². The highest BCUT2D eigenvalue weighted by molar-refractivity contribution is 8.18. The molecule has 2 aromatic rings. The maximum Gasteiger partial charge on any atom is 0.294 e. The van der Waals surface area contributed by atoms with Gasteiger partial charge in [-0.25, -0.2) is 0 Å². The Labute approximate surface area is 185 Å². The second-order valence-corrected chi connectivity index (χ2v) is 7.95. The average Bonchev–Trinajstić information content (AvgIpc) is 2.98. The molecule has 1 N–H and O–H groups in total. The molecule has 0 spiro atoms. The lowest BCUT2D eigenvalue weighted by Gasteiger charge is -2.13. The lowest BCUT2D eigenvalue weighted by atomic mass is 10.1. The fourth-order valence-electron chi connectivity index (χ4n) is 3.00. The second kappa shape index (κ2) is 9.70. The monoisotopic (exact) mass is 440 g/mol. The van der Waals surface area contributed by atoms with Crippen LogP contribution >= 0.6 is 11.8 Å². The van der Waals surface area contributed by atoms with E-state index in [0.29, 0.717) is 29.4 Å².